The van der Waals surface area contributed by atoms with E-state index in [0.29, 0.717) is 23.4 Å². The van der Waals surface area contributed by atoms with Gasteiger partial charge in [-0.1, -0.05) is 0 Å². The molecule has 1 aromatic heterocycles. The Labute approximate surface area is 156 Å². The molecule has 3 N–H and O–H groups in total. The molecule has 2 heterocycles. The molecule has 1 atom stereocenters. The molecule has 3 rings (SSSR count). The van der Waals surface area contributed by atoms with Crippen molar-refractivity contribution in [2.75, 3.05) is 13.2 Å². The first kappa shape index (κ1) is 18.2. The third-order valence-corrected chi connectivity index (χ3v) is 5.21. The molecule has 1 amide bonds. The number of nitrogens with one attached hydrogen (secondary N) is 2. The number of hydrogen-bond donors (Lipinski definition) is 3. The number of aromatic amines is 1. The monoisotopic (exact) mass is 431 g/mol. The molecule has 0 spiro atoms. The van der Waals surface area contributed by atoms with Crippen LogP contribution in [0.2, 0.25) is 0 Å². The largest absolute Gasteiger partial charge is 0.395 e. The van der Waals surface area contributed by atoms with Crippen LogP contribution in [0.15, 0.2) is 16.6 Å². The van der Waals surface area contributed by atoms with Crippen LogP contribution in [0, 0.1) is 16.4 Å². The zero-order valence-corrected chi connectivity index (χ0v) is 15.5. The van der Waals surface area contributed by atoms with Crippen molar-refractivity contribution in [1.29, 1.82) is 0 Å². The van der Waals surface area contributed by atoms with Gasteiger partial charge in [0.1, 0.15) is 11.6 Å². The van der Waals surface area contributed by atoms with E-state index in [0.717, 1.165) is 5.69 Å². The summed E-state index contributed by atoms with van der Waals surface area (Å²) in [6.45, 7) is 0.388. The van der Waals surface area contributed by atoms with Gasteiger partial charge in [-0.3, -0.25) is 4.79 Å². The predicted molar refractivity (Wildman–Crippen MR) is 93.9 cm³/mol. The van der Waals surface area contributed by atoms with Crippen LogP contribution in [0.4, 0.5) is 8.78 Å². The summed E-state index contributed by atoms with van der Waals surface area (Å²) in [6.07, 6.45) is 0.461. The lowest BCUT2D eigenvalue weighted by Gasteiger charge is -2.13. The SMILES string of the molecule is O=C(Cc1[nH]c(=S)n2c1CC(c1c(F)ccc(Br)c1F)C2)NCCO. The van der Waals surface area contributed by atoms with Gasteiger partial charge in [-0.05, 0) is 46.7 Å². The van der Waals surface area contributed by atoms with Crippen molar-refractivity contribution in [1.82, 2.24) is 14.9 Å². The summed E-state index contributed by atoms with van der Waals surface area (Å²) in [4.78, 5) is 14.9. The quantitative estimate of drug-likeness (QED) is 0.503. The molecule has 5 nitrogen and oxygen atoms in total. The number of aliphatic hydroxyl groups excluding tert-OH is 1. The van der Waals surface area contributed by atoms with Gasteiger partial charge in [0, 0.05) is 36.0 Å². The van der Waals surface area contributed by atoms with E-state index in [-0.39, 0.29) is 41.4 Å². The second-order valence-corrected chi connectivity index (χ2v) is 7.12. The summed E-state index contributed by atoms with van der Waals surface area (Å²) < 4.78 is 31.0. The molecule has 9 heteroatoms. The summed E-state index contributed by atoms with van der Waals surface area (Å²) in [5.74, 6) is -1.83. The van der Waals surface area contributed by atoms with Gasteiger partial charge >= 0.3 is 0 Å². The number of amides is 1. The number of aromatic nitrogens is 2. The van der Waals surface area contributed by atoms with Crippen LogP contribution in [0.25, 0.3) is 0 Å². The Morgan fingerprint density at radius 1 is 1.48 bits per heavy atom. The van der Waals surface area contributed by atoms with Crippen molar-refractivity contribution in [3.8, 4) is 0 Å². The molecule has 0 radical (unpaired) electrons. The van der Waals surface area contributed by atoms with Crippen LogP contribution < -0.4 is 5.32 Å². The maximum Gasteiger partial charge on any atom is 0.226 e. The number of carbonyl (C=O) groups excluding carboxylic acids is 1. The fourth-order valence-corrected chi connectivity index (χ4v) is 3.83. The summed E-state index contributed by atoms with van der Waals surface area (Å²) in [6, 6.07) is 2.58. The van der Waals surface area contributed by atoms with Crippen molar-refractivity contribution < 1.29 is 18.7 Å². The van der Waals surface area contributed by atoms with Gasteiger partial charge in [0.15, 0.2) is 4.77 Å². The van der Waals surface area contributed by atoms with Gasteiger partial charge in [0.25, 0.3) is 0 Å². The van der Waals surface area contributed by atoms with E-state index in [1.165, 1.54) is 12.1 Å². The second kappa shape index (κ2) is 7.35. The van der Waals surface area contributed by atoms with Crippen LogP contribution >= 0.6 is 28.1 Å². The lowest BCUT2D eigenvalue weighted by atomic mass is 9.95. The Bertz CT molecular complexity index is 881. The Hall–Kier alpha value is -1.58. The highest BCUT2D eigenvalue weighted by molar-refractivity contribution is 9.10. The van der Waals surface area contributed by atoms with Gasteiger partial charge in [-0.2, -0.15) is 0 Å². The van der Waals surface area contributed by atoms with Crippen molar-refractivity contribution in [3.63, 3.8) is 0 Å². The Kier molecular flexibility index (Phi) is 5.35. The molecule has 1 aliphatic heterocycles. The smallest absolute Gasteiger partial charge is 0.226 e. The average Bonchev–Trinajstić information content (AvgIpc) is 3.11. The number of rotatable bonds is 5. The zero-order valence-electron chi connectivity index (χ0n) is 13.1. The average molecular weight is 432 g/mol. The molecule has 134 valence electrons. The lowest BCUT2D eigenvalue weighted by molar-refractivity contribution is -0.120. The molecule has 2 aromatic rings. The number of fused-ring (bicyclic) bond motifs is 1. The minimum Gasteiger partial charge on any atom is -0.395 e. The predicted octanol–water partition coefficient (Wildman–Crippen LogP) is 2.58. The Morgan fingerprint density at radius 2 is 2.24 bits per heavy atom. The molecule has 25 heavy (non-hydrogen) atoms. The molecule has 0 bridgehead atoms. The van der Waals surface area contributed by atoms with Crippen molar-refractivity contribution >= 4 is 34.1 Å². The van der Waals surface area contributed by atoms with Gasteiger partial charge in [0.05, 0.1) is 17.5 Å². The van der Waals surface area contributed by atoms with E-state index in [1.807, 2.05) is 0 Å². The number of aliphatic hydroxyl groups is 1. The van der Waals surface area contributed by atoms with E-state index >= 15 is 0 Å². The van der Waals surface area contributed by atoms with Gasteiger partial charge in [-0.25, -0.2) is 8.78 Å². The number of hydrogen-bond acceptors (Lipinski definition) is 3. The van der Waals surface area contributed by atoms with Crippen molar-refractivity contribution in [2.45, 2.75) is 25.3 Å². The second-order valence-electron chi connectivity index (χ2n) is 5.87. The van der Waals surface area contributed by atoms with E-state index in [1.54, 1.807) is 4.57 Å². The molecular formula is C16H16BrF2N3O2S. The van der Waals surface area contributed by atoms with E-state index in [2.05, 4.69) is 26.2 Å². The fraction of sp³-hybridized carbons (Fsp3) is 0.375. The van der Waals surface area contributed by atoms with E-state index in [9.17, 15) is 13.6 Å². The van der Waals surface area contributed by atoms with Crippen LogP contribution in [-0.4, -0.2) is 33.7 Å². The molecule has 1 aliphatic rings. The summed E-state index contributed by atoms with van der Waals surface area (Å²) in [7, 11) is 0. The third-order valence-electron chi connectivity index (χ3n) is 4.28. The molecule has 1 unspecified atom stereocenters. The number of nitrogens with zero attached hydrogens (tertiary/aromatic N) is 1. The minimum absolute atomic E-state index is 0.0307. The van der Waals surface area contributed by atoms with Crippen molar-refractivity contribution in [2.24, 2.45) is 0 Å². The molecule has 1 aromatic carbocycles. The first-order chi connectivity index (χ1) is 11.9. The third kappa shape index (κ3) is 3.54. The number of benzene rings is 1. The Balaban J connectivity index is 1.87. The topological polar surface area (TPSA) is 70.0 Å². The highest BCUT2D eigenvalue weighted by Crippen LogP contribution is 2.36. The highest BCUT2D eigenvalue weighted by Gasteiger charge is 2.31. The van der Waals surface area contributed by atoms with Crippen molar-refractivity contribution in [3.05, 3.63) is 50.0 Å². The first-order valence-corrected chi connectivity index (χ1v) is 8.94. The number of halogens is 3. The molecule has 0 aliphatic carbocycles. The van der Waals surface area contributed by atoms with Gasteiger partial charge in [-0.15, -0.1) is 0 Å². The normalized spacial score (nSPS) is 16.1. The van der Waals surface area contributed by atoms with E-state index in [4.69, 9.17) is 17.3 Å². The highest BCUT2D eigenvalue weighted by atomic mass is 79.9. The van der Waals surface area contributed by atoms with Crippen LogP contribution in [-0.2, 0) is 24.2 Å². The summed E-state index contributed by atoms with van der Waals surface area (Å²) in [5.41, 5.74) is 1.45. The maximum absolute atomic E-state index is 14.4. The zero-order chi connectivity index (χ0) is 18.1. The molecule has 0 fully saturated rings. The Morgan fingerprint density at radius 3 is 2.96 bits per heavy atom. The number of carbonyl (C=O) groups is 1. The van der Waals surface area contributed by atoms with Gasteiger partial charge < -0.3 is 20.0 Å². The molecular weight excluding hydrogens is 416 g/mol. The van der Waals surface area contributed by atoms with Gasteiger partial charge in [0.2, 0.25) is 5.91 Å². The summed E-state index contributed by atoms with van der Waals surface area (Å²) in [5, 5.41) is 11.3. The summed E-state index contributed by atoms with van der Waals surface area (Å²) >= 11 is 8.36. The minimum atomic E-state index is -0.604. The van der Waals surface area contributed by atoms with Crippen LogP contribution in [0.1, 0.15) is 22.9 Å². The van der Waals surface area contributed by atoms with E-state index < -0.39 is 11.6 Å². The molecule has 0 saturated carbocycles. The number of H-pyrrole nitrogens is 1. The van der Waals surface area contributed by atoms with Crippen LogP contribution in [0.3, 0.4) is 0 Å². The van der Waals surface area contributed by atoms with Crippen LogP contribution in [0.5, 0.6) is 0 Å². The maximum atomic E-state index is 14.4. The standard InChI is InChI=1S/C16H16BrF2N3O2S/c17-9-1-2-10(18)14(15(9)19)8-5-12-11(6-13(24)20-3-4-23)21-16(25)22(12)7-8/h1-2,8,23H,3-7H2,(H,20,24)(H,21,25). The molecule has 0 saturated heterocycles. The number of imidazole rings is 1. The first-order valence-electron chi connectivity index (χ1n) is 7.73. The fourth-order valence-electron chi connectivity index (χ4n) is 3.17. The lowest BCUT2D eigenvalue weighted by Crippen LogP contribution is -2.28.